The SMILES string of the molecule is CCc1nc(CC2CCCO2)sc1CNC. The van der Waals surface area contributed by atoms with Crippen molar-refractivity contribution in [2.24, 2.45) is 0 Å². The monoisotopic (exact) mass is 240 g/mol. The van der Waals surface area contributed by atoms with Crippen LogP contribution in [-0.2, 0) is 24.1 Å². The lowest BCUT2D eigenvalue weighted by Crippen LogP contribution is -2.08. The van der Waals surface area contributed by atoms with Crippen LogP contribution in [0.1, 0.15) is 35.3 Å². The molecule has 90 valence electrons. The van der Waals surface area contributed by atoms with Gasteiger partial charge in [0, 0.05) is 24.4 Å². The summed E-state index contributed by atoms with van der Waals surface area (Å²) in [6.07, 6.45) is 4.85. The molecule has 0 spiro atoms. The maximum atomic E-state index is 5.65. The standard InChI is InChI=1S/C12H20N2OS/c1-3-10-11(8-13-2)16-12(14-10)7-9-5-4-6-15-9/h9,13H,3-8H2,1-2H3. The average molecular weight is 240 g/mol. The van der Waals surface area contributed by atoms with Gasteiger partial charge in [-0.05, 0) is 26.3 Å². The maximum Gasteiger partial charge on any atom is 0.0957 e. The van der Waals surface area contributed by atoms with Crippen LogP contribution in [-0.4, -0.2) is 24.7 Å². The van der Waals surface area contributed by atoms with Crippen molar-refractivity contribution >= 4 is 11.3 Å². The maximum absolute atomic E-state index is 5.65. The van der Waals surface area contributed by atoms with Gasteiger partial charge in [-0.2, -0.15) is 0 Å². The van der Waals surface area contributed by atoms with Crippen LogP contribution in [0, 0.1) is 0 Å². The highest BCUT2D eigenvalue weighted by atomic mass is 32.1. The van der Waals surface area contributed by atoms with Crippen LogP contribution < -0.4 is 5.32 Å². The van der Waals surface area contributed by atoms with Gasteiger partial charge < -0.3 is 10.1 Å². The Kier molecular flexibility index (Phi) is 4.32. The van der Waals surface area contributed by atoms with Crippen LogP contribution in [0.15, 0.2) is 0 Å². The topological polar surface area (TPSA) is 34.1 Å². The molecule has 1 N–H and O–H groups in total. The van der Waals surface area contributed by atoms with E-state index in [-0.39, 0.29) is 0 Å². The third kappa shape index (κ3) is 2.81. The van der Waals surface area contributed by atoms with E-state index in [1.54, 1.807) is 0 Å². The number of nitrogens with zero attached hydrogens (tertiary/aromatic N) is 1. The fourth-order valence-electron chi connectivity index (χ4n) is 2.10. The highest BCUT2D eigenvalue weighted by molar-refractivity contribution is 7.11. The van der Waals surface area contributed by atoms with E-state index in [1.165, 1.54) is 28.4 Å². The van der Waals surface area contributed by atoms with Crippen molar-refractivity contribution < 1.29 is 4.74 Å². The minimum absolute atomic E-state index is 0.415. The second-order valence-electron chi connectivity index (χ2n) is 4.20. The van der Waals surface area contributed by atoms with Gasteiger partial charge in [0.15, 0.2) is 0 Å². The summed E-state index contributed by atoms with van der Waals surface area (Å²) in [5, 5.41) is 4.45. The number of aryl methyl sites for hydroxylation is 1. The van der Waals surface area contributed by atoms with E-state index < -0.39 is 0 Å². The zero-order valence-corrected chi connectivity index (χ0v) is 10.9. The molecule has 1 aliphatic rings. The minimum atomic E-state index is 0.415. The van der Waals surface area contributed by atoms with Crippen LogP contribution >= 0.6 is 11.3 Å². The van der Waals surface area contributed by atoms with Crippen molar-refractivity contribution in [2.75, 3.05) is 13.7 Å². The lowest BCUT2D eigenvalue weighted by atomic mass is 10.2. The van der Waals surface area contributed by atoms with Crippen LogP contribution in [0.4, 0.5) is 0 Å². The van der Waals surface area contributed by atoms with Crippen molar-refractivity contribution in [3.63, 3.8) is 0 Å². The second-order valence-corrected chi connectivity index (χ2v) is 5.37. The van der Waals surface area contributed by atoms with Gasteiger partial charge in [-0.25, -0.2) is 4.98 Å². The fourth-order valence-corrected chi connectivity index (χ4v) is 3.33. The Morgan fingerprint density at radius 2 is 2.44 bits per heavy atom. The molecule has 1 aromatic rings. The molecule has 1 fully saturated rings. The summed E-state index contributed by atoms with van der Waals surface area (Å²) in [6.45, 7) is 4.04. The van der Waals surface area contributed by atoms with E-state index in [1.807, 2.05) is 18.4 Å². The van der Waals surface area contributed by atoms with Crippen LogP contribution in [0.25, 0.3) is 0 Å². The van der Waals surface area contributed by atoms with Gasteiger partial charge >= 0.3 is 0 Å². The van der Waals surface area contributed by atoms with Crippen molar-refractivity contribution in [1.82, 2.24) is 10.3 Å². The van der Waals surface area contributed by atoms with Gasteiger partial charge in [0.2, 0.25) is 0 Å². The first-order chi connectivity index (χ1) is 7.83. The molecule has 2 heterocycles. The molecule has 3 nitrogen and oxygen atoms in total. The summed E-state index contributed by atoms with van der Waals surface area (Å²) < 4.78 is 5.65. The van der Waals surface area contributed by atoms with Gasteiger partial charge in [0.25, 0.3) is 0 Å². The molecule has 1 aliphatic heterocycles. The summed E-state index contributed by atoms with van der Waals surface area (Å²) in [6, 6.07) is 0. The first-order valence-electron chi connectivity index (χ1n) is 6.07. The van der Waals surface area contributed by atoms with Gasteiger partial charge in [0.05, 0.1) is 16.8 Å². The number of aromatic nitrogens is 1. The zero-order chi connectivity index (χ0) is 11.4. The Hall–Kier alpha value is -0.450. The number of rotatable bonds is 5. The van der Waals surface area contributed by atoms with E-state index in [0.29, 0.717) is 6.10 Å². The second kappa shape index (κ2) is 5.75. The summed E-state index contributed by atoms with van der Waals surface area (Å²) in [4.78, 5) is 6.10. The Bertz CT molecular complexity index is 332. The smallest absolute Gasteiger partial charge is 0.0957 e. The molecule has 1 aromatic heterocycles. The molecular weight excluding hydrogens is 220 g/mol. The third-order valence-corrected chi connectivity index (χ3v) is 4.04. The Balaban J connectivity index is 2.02. The summed E-state index contributed by atoms with van der Waals surface area (Å²) >= 11 is 1.84. The van der Waals surface area contributed by atoms with E-state index in [9.17, 15) is 0 Å². The summed E-state index contributed by atoms with van der Waals surface area (Å²) in [7, 11) is 1.99. The van der Waals surface area contributed by atoms with Crippen LogP contribution in [0.3, 0.4) is 0 Å². The molecule has 0 aliphatic carbocycles. The number of hydrogen-bond donors (Lipinski definition) is 1. The Labute approximate surface area is 101 Å². The molecule has 0 saturated carbocycles. The van der Waals surface area contributed by atoms with Gasteiger partial charge in [-0.15, -0.1) is 11.3 Å². The molecule has 0 amide bonds. The molecule has 16 heavy (non-hydrogen) atoms. The molecule has 4 heteroatoms. The Morgan fingerprint density at radius 3 is 3.06 bits per heavy atom. The quantitative estimate of drug-likeness (QED) is 0.856. The van der Waals surface area contributed by atoms with E-state index in [4.69, 9.17) is 9.72 Å². The van der Waals surface area contributed by atoms with E-state index >= 15 is 0 Å². The minimum Gasteiger partial charge on any atom is -0.378 e. The molecule has 1 saturated heterocycles. The molecule has 1 unspecified atom stereocenters. The van der Waals surface area contributed by atoms with E-state index in [0.717, 1.165) is 26.0 Å². The van der Waals surface area contributed by atoms with Crippen molar-refractivity contribution in [3.05, 3.63) is 15.6 Å². The number of nitrogens with one attached hydrogen (secondary N) is 1. The number of thiazole rings is 1. The normalized spacial score (nSPS) is 20.5. The molecule has 0 bridgehead atoms. The highest BCUT2D eigenvalue weighted by Gasteiger charge is 2.18. The molecular formula is C12H20N2OS. The van der Waals surface area contributed by atoms with E-state index in [2.05, 4.69) is 12.2 Å². The van der Waals surface area contributed by atoms with Crippen molar-refractivity contribution in [1.29, 1.82) is 0 Å². The number of ether oxygens (including phenoxy) is 1. The molecule has 1 atom stereocenters. The lowest BCUT2D eigenvalue weighted by Gasteiger charge is -2.05. The summed E-state index contributed by atoms with van der Waals surface area (Å²) in [5.41, 5.74) is 1.26. The average Bonchev–Trinajstić information content (AvgIpc) is 2.89. The molecule has 2 rings (SSSR count). The van der Waals surface area contributed by atoms with Gasteiger partial charge in [-0.3, -0.25) is 0 Å². The first-order valence-corrected chi connectivity index (χ1v) is 6.88. The summed E-state index contributed by atoms with van der Waals surface area (Å²) in [5.74, 6) is 0. The first kappa shape index (κ1) is 12.0. The zero-order valence-electron chi connectivity index (χ0n) is 10.1. The highest BCUT2D eigenvalue weighted by Crippen LogP contribution is 2.23. The van der Waals surface area contributed by atoms with Crippen LogP contribution in [0.2, 0.25) is 0 Å². The van der Waals surface area contributed by atoms with Crippen LogP contribution in [0.5, 0.6) is 0 Å². The fraction of sp³-hybridized carbons (Fsp3) is 0.750. The molecule has 0 aromatic carbocycles. The molecule has 0 radical (unpaired) electrons. The number of hydrogen-bond acceptors (Lipinski definition) is 4. The lowest BCUT2D eigenvalue weighted by molar-refractivity contribution is 0.111. The predicted molar refractivity (Wildman–Crippen MR) is 66.9 cm³/mol. The largest absolute Gasteiger partial charge is 0.378 e. The third-order valence-electron chi connectivity index (χ3n) is 2.92. The Morgan fingerprint density at radius 1 is 1.56 bits per heavy atom. The van der Waals surface area contributed by atoms with Crippen molar-refractivity contribution in [2.45, 2.75) is 45.3 Å². The van der Waals surface area contributed by atoms with Crippen molar-refractivity contribution in [3.8, 4) is 0 Å². The van der Waals surface area contributed by atoms with Gasteiger partial charge in [0.1, 0.15) is 0 Å². The van der Waals surface area contributed by atoms with Gasteiger partial charge in [-0.1, -0.05) is 6.92 Å². The predicted octanol–water partition coefficient (Wildman–Crippen LogP) is 2.15.